The fourth-order valence-corrected chi connectivity index (χ4v) is 3.24. The van der Waals surface area contributed by atoms with E-state index in [-0.39, 0.29) is 10.7 Å². The first kappa shape index (κ1) is 17.2. The van der Waals surface area contributed by atoms with Crippen LogP contribution in [0.15, 0.2) is 23.2 Å². The lowest BCUT2D eigenvalue weighted by Gasteiger charge is -2.10. The fourth-order valence-electron chi connectivity index (χ4n) is 1.95. The Balaban J connectivity index is 2.17. The number of anilines is 1. The third-order valence-electron chi connectivity index (χ3n) is 3.12. The third-order valence-corrected chi connectivity index (χ3v) is 4.61. The van der Waals surface area contributed by atoms with E-state index in [0.29, 0.717) is 17.6 Å². The number of hydrogen-bond donors (Lipinski definition) is 2. The summed E-state index contributed by atoms with van der Waals surface area (Å²) in [5.74, 6) is -0.0687. The molecule has 2 heterocycles. The molecule has 0 amide bonds. The molecule has 0 fully saturated rings. The van der Waals surface area contributed by atoms with Gasteiger partial charge in [-0.1, -0.05) is 0 Å². The zero-order valence-corrected chi connectivity index (χ0v) is 13.2. The molecule has 23 heavy (non-hydrogen) atoms. The van der Waals surface area contributed by atoms with E-state index in [2.05, 4.69) is 20.3 Å². The summed E-state index contributed by atoms with van der Waals surface area (Å²) in [4.78, 5) is 5.58. The minimum atomic E-state index is -4.50. The summed E-state index contributed by atoms with van der Waals surface area (Å²) >= 11 is 0. The van der Waals surface area contributed by atoms with Crippen molar-refractivity contribution in [3.63, 3.8) is 0 Å². The van der Waals surface area contributed by atoms with Crippen LogP contribution in [0.4, 0.5) is 19.0 Å². The Morgan fingerprint density at radius 1 is 1.22 bits per heavy atom. The zero-order chi connectivity index (χ0) is 17.4. The van der Waals surface area contributed by atoms with Crippen molar-refractivity contribution >= 4 is 15.8 Å². The van der Waals surface area contributed by atoms with E-state index < -0.39 is 21.8 Å². The summed E-state index contributed by atoms with van der Waals surface area (Å²) in [6.45, 7) is 3.13. The minimum absolute atomic E-state index is 0.000545. The van der Waals surface area contributed by atoms with Crippen LogP contribution in [-0.2, 0) is 23.2 Å². The number of aromatic nitrogens is 3. The molecule has 7 nitrogen and oxygen atoms in total. The maximum atomic E-state index is 12.4. The topological polar surface area (TPSA) is 88.9 Å². The second-order valence-corrected chi connectivity index (χ2v) is 6.40. The number of nitrogens with one attached hydrogen (secondary N) is 2. The van der Waals surface area contributed by atoms with E-state index in [4.69, 9.17) is 0 Å². The van der Waals surface area contributed by atoms with Crippen molar-refractivity contribution in [1.82, 2.24) is 19.6 Å². The third kappa shape index (κ3) is 3.62. The highest BCUT2D eigenvalue weighted by Crippen LogP contribution is 2.28. The molecular weight excluding hydrogens is 335 g/mol. The van der Waals surface area contributed by atoms with Crippen LogP contribution in [0.1, 0.15) is 17.0 Å². The van der Waals surface area contributed by atoms with Crippen molar-refractivity contribution in [2.75, 3.05) is 5.43 Å². The molecule has 0 aliphatic rings. The normalized spacial score (nSPS) is 12.4. The highest BCUT2D eigenvalue weighted by molar-refractivity contribution is 7.89. The predicted molar refractivity (Wildman–Crippen MR) is 75.9 cm³/mol. The van der Waals surface area contributed by atoms with Crippen molar-refractivity contribution in [3.05, 3.63) is 35.3 Å². The van der Waals surface area contributed by atoms with E-state index in [0.717, 1.165) is 12.1 Å². The molecule has 126 valence electrons. The maximum Gasteiger partial charge on any atom is 0.417 e. The van der Waals surface area contributed by atoms with E-state index in [1.165, 1.54) is 11.6 Å². The van der Waals surface area contributed by atoms with Crippen LogP contribution >= 0.6 is 0 Å². The van der Waals surface area contributed by atoms with Gasteiger partial charge in [0.25, 0.3) is 10.0 Å². The molecule has 0 aliphatic carbocycles. The first-order valence-corrected chi connectivity index (χ1v) is 7.82. The molecule has 0 aromatic carbocycles. The molecule has 11 heteroatoms. The van der Waals surface area contributed by atoms with E-state index in [9.17, 15) is 21.6 Å². The first-order valence-electron chi connectivity index (χ1n) is 6.33. The second-order valence-electron chi connectivity index (χ2n) is 4.78. The molecule has 2 aromatic rings. The van der Waals surface area contributed by atoms with Gasteiger partial charge in [0.2, 0.25) is 0 Å². The summed E-state index contributed by atoms with van der Waals surface area (Å²) in [5.41, 5.74) is 2.08. The van der Waals surface area contributed by atoms with Crippen LogP contribution in [0.3, 0.4) is 0 Å². The lowest BCUT2D eigenvalue weighted by molar-refractivity contribution is -0.137. The second kappa shape index (κ2) is 5.81. The highest BCUT2D eigenvalue weighted by Gasteiger charge is 2.30. The van der Waals surface area contributed by atoms with Crippen molar-refractivity contribution in [3.8, 4) is 0 Å². The van der Waals surface area contributed by atoms with E-state index in [1.54, 1.807) is 14.0 Å². The van der Waals surface area contributed by atoms with Gasteiger partial charge in [-0.15, -0.1) is 4.83 Å². The molecule has 2 N–H and O–H groups in total. The summed E-state index contributed by atoms with van der Waals surface area (Å²) < 4.78 is 63.2. The van der Waals surface area contributed by atoms with Gasteiger partial charge in [0.05, 0.1) is 17.0 Å². The minimum Gasteiger partial charge on any atom is -0.292 e. The predicted octanol–water partition coefficient (Wildman–Crippen LogP) is 1.76. The Hall–Kier alpha value is -2.14. The van der Waals surface area contributed by atoms with E-state index >= 15 is 0 Å². The number of hydrogen-bond acceptors (Lipinski definition) is 5. The molecule has 2 rings (SSSR count). The largest absolute Gasteiger partial charge is 0.417 e. The van der Waals surface area contributed by atoms with E-state index in [1.807, 2.05) is 0 Å². The summed E-state index contributed by atoms with van der Waals surface area (Å²) in [7, 11) is -2.34. The summed E-state index contributed by atoms with van der Waals surface area (Å²) in [6.07, 6.45) is -3.90. The van der Waals surface area contributed by atoms with Crippen LogP contribution in [0, 0.1) is 13.8 Å². The fraction of sp³-hybridized carbons (Fsp3) is 0.333. The molecule has 0 bridgehead atoms. The number of rotatable bonds is 4. The maximum absolute atomic E-state index is 12.4. The van der Waals surface area contributed by atoms with Gasteiger partial charge in [-0.25, -0.2) is 13.4 Å². The molecule has 0 spiro atoms. The average molecular weight is 349 g/mol. The lowest BCUT2D eigenvalue weighted by Crippen LogP contribution is -2.30. The molecule has 0 atom stereocenters. The van der Waals surface area contributed by atoms with Gasteiger partial charge < -0.3 is 0 Å². The lowest BCUT2D eigenvalue weighted by atomic mass is 10.3. The molecule has 0 unspecified atom stereocenters. The van der Waals surface area contributed by atoms with Crippen molar-refractivity contribution < 1.29 is 21.6 Å². The number of nitrogens with zero attached hydrogens (tertiary/aromatic N) is 3. The molecule has 0 saturated carbocycles. The van der Waals surface area contributed by atoms with Crippen molar-refractivity contribution in [1.29, 1.82) is 0 Å². The average Bonchev–Trinajstić information content (AvgIpc) is 2.70. The molecular formula is C12H14F3N5O2S. The molecule has 0 saturated heterocycles. The molecule has 0 aliphatic heterocycles. The Labute approximate surface area is 130 Å². The number of aryl methyl sites for hydroxylation is 2. The highest BCUT2D eigenvalue weighted by atomic mass is 32.2. The quantitative estimate of drug-likeness (QED) is 0.821. The van der Waals surface area contributed by atoms with Gasteiger partial charge in [-0.05, 0) is 26.0 Å². The molecule has 2 aromatic heterocycles. The number of halogens is 3. The number of sulfonamides is 1. The number of pyridine rings is 1. The Morgan fingerprint density at radius 3 is 2.30 bits per heavy atom. The number of hydrazine groups is 1. The van der Waals surface area contributed by atoms with Crippen molar-refractivity contribution in [2.24, 2.45) is 7.05 Å². The summed E-state index contributed by atoms with van der Waals surface area (Å²) in [5, 5.41) is 4.00. The summed E-state index contributed by atoms with van der Waals surface area (Å²) in [6, 6.07) is 1.82. The smallest absolute Gasteiger partial charge is 0.292 e. The first-order chi connectivity index (χ1) is 10.5. The van der Waals surface area contributed by atoms with Crippen LogP contribution in [-0.4, -0.2) is 23.2 Å². The van der Waals surface area contributed by atoms with Gasteiger partial charge in [0.15, 0.2) is 0 Å². The monoisotopic (exact) mass is 349 g/mol. The van der Waals surface area contributed by atoms with Crippen LogP contribution in [0.25, 0.3) is 0 Å². The Morgan fingerprint density at radius 2 is 1.87 bits per heavy atom. The van der Waals surface area contributed by atoms with Gasteiger partial charge in [-0.2, -0.15) is 18.3 Å². The van der Waals surface area contributed by atoms with Gasteiger partial charge >= 0.3 is 6.18 Å². The Kier molecular flexibility index (Phi) is 4.35. The number of alkyl halides is 3. The van der Waals surface area contributed by atoms with Crippen LogP contribution in [0.2, 0.25) is 0 Å². The zero-order valence-electron chi connectivity index (χ0n) is 12.4. The van der Waals surface area contributed by atoms with Crippen LogP contribution < -0.4 is 10.3 Å². The van der Waals surface area contributed by atoms with Crippen molar-refractivity contribution in [2.45, 2.75) is 24.9 Å². The molecule has 0 radical (unpaired) electrons. The van der Waals surface area contributed by atoms with Crippen LogP contribution in [0.5, 0.6) is 0 Å². The van der Waals surface area contributed by atoms with Gasteiger partial charge in [0, 0.05) is 13.2 Å². The SMILES string of the molecule is Cc1nn(C)c(C)c1S(=O)(=O)NNc1ccc(C(F)(F)F)cn1. The standard InChI is InChI=1S/C12H14F3N5O2S/c1-7-11(8(2)20(3)18-7)23(21,22)19-17-10-5-4-9(6-16-10)12(13,14)15/h4-6,19H,1-3H3,(H,16,17). The Bertz CT molecular complexity index is 812. The van der Waals surface area contributed by atoms with Gasteiger partial charge in [0.1, 0.15) is 10.7 Å². The van der Waals surface area contributed by atoms with Gasteiger partial charge in [-0.3, -0.25) is 10.1 Å².